The number of nitrogens with zero attached hydrogens (tertiary/aromatic N) is 3. The smallest absolute Gasteiger partial charge is 0.337 e. The van der Waals surface area contributed by atoms with Crippen molar-refractivity contribution >= 4 is 44.3 Å². The number of rotatable bonds is 5. The summed E-state index contributed by atoms with van der Waals surface area (Å²) in [5, 5.41) is 11.8. The van der Waals surface area contributed by atoms with Gasteiger partial charge in [0.1, 0.15) is 0 Å². The highest BCUT2D eigenvalue weighted by atomic mass is 35.5. The van der Waals surface area contributed by atoms with Crippen LogP contribution in [-0.2, 0) is 22.5 Å². The number of ether oxygens (including phenoxy) is 1. The predicted octanol–water partition coefficient (Wildman–Crippen LogP) is 6.82. The molecule has 5 rings (SSSR count). The summed E-state index contributed by atoms with van der Waals surface area (Å²) >= 11 is 7.78. The topological polar surface area (TPSA) is 75.5 Å². The van der Waals surface area contributed by atoms with Crippen molar-refractivity contribution in [3.63, 3.8) is 0 Å². The number of aryl methyl sites for hydroxylation is 1. The van der Waals surface area contributed by atoms with Gasteiger partial charge < -0.3 is 14.7 Å². The van der Waals surface area contributed by atoms with Crippen molar-refractivity contribution in [3.05, 3.63) is 76.1 Å². The van der Waals surface area contributed by atoms with E-state index in [1.807, 2.05) is 70.4 Å². The van der Waals surface area contributed by atoms with Crippen LogP contribution in [0.5, 0.6) is 0 Å². The van der Waals surface area contributed by atoms with Crippen molar-refractivity contribution < 1.29 is 14.6 Å². The third-order valence-corrected chi connectivity index (χ3v) is 7.70. The van der Waals surface area contributed by atoms with Crippen LogP contribution < -0.4 is 4.90 Å². The van der Waals surface area contributed by atoms with Gasteiger partial charge in [0, 0.05) is 41.6 Å². The van der Waals surface area contributed by atoms with Crippen LogP contribution >= 0.6 is 22.9 Å². The fourth-order valence-electron chi connectivity index (χ4n) is 4.71. The molecule has 3 heterocycles. The Morgan fingerprint density at radius 3 is 2.64 bits per heavy atom. The molecule has 6 nitrogen and oxygen atoms in total. The van der Waals surface area contributed by atoms with Gasteiger partial charge in [-0.2, -0.15) is 0 Å². The number of halogens is 1. The first-order valence-electron chi connectivity index (χ1n) is 11.9. The molecule has 1 atom stereocenters. The molecule has 4 aromatic rings. The molecule has 2 aromatic carbocycles. The fraction of sp³-hybridized carbons (Fsp3) is 0.321. The van der Waals surface area contributed by atoms with Gasteiger partial charge in [0.2, 0.25) is 0 Å². The Balaban J connectivity index is 1.69. The first-order valence-corrected chi connectivity index (χ1v) is 13.1. The summed E-state index contributed by atoms with van der Waals surface area (Å²) in [6.07, 6.45) is 3.58. The van der Waals surface area contributed by atoms with Crippen LogP contribution in [0.2, 0.25) is 5.02 Å². The highest BCUT2D eigenvalue weighted by molar-refractivity contribution is 7.22. The molecule has 1 aliphatic heterocycles. The molecule has 0 bridgehead atoms. The van der Waals surface area contributed by atoms with Gasteiger partial charge in [-0.1, -0.05) is 35.1 Å². The lowest BCUT2D eigenvalue weighted by molar-refractivity contribution is -0.160. The van der Waals surface area contributed by atoms with Gasteiger partial charge in [-0.3, -0.25) is 4.98 Å². The van der Waals surface area contributed by atoms with Crippen LogP contribution in [0.25, 0.3) is 21.3 Å². The molecule has 0 radical (unpaired) electrons. The van der Waals surface area contributed by atoms with Crippen LogP contribution in [0.15, 0.2) is 48.8 Å². The third-order valence-electron chi connectivity index (χ3n) is 6.29. The molecule has 0 aliphatic carbocycles. The van der Waals surface area contributed by atoms with E-state index >= 15 is 0 Å². The number of fused-ring (bicyclic) bond motifs is 2. The van der Waals surface area contributed by atoms with Crippen LogP contribution in [0.1, 0.15) is 49.1 Å². The number of thiazole rings is 1. The number of benzene rings is 2. The molecule has 1 aliphatic rings. The Morgan fingerprint density at radius 1 is 1.19 bits per heavy atom. The van der Waals surface area contributed by atoms with Gasteiger partial charge in [0.25, 0.3) is 0 Å². The zero-order valence-electron chi connectivity index (χ0n) is 20.7. The monoisotopic (exact) mass is 521 g/mol. The van der Waals surface area contributed by atoms with Crippen molar-refractivity contribution in [3.8, 4) is 11.1 Å². The maximum atomic E-state index is 12.5. The number of carboxylic acid groups (broad SMARTS) is 1. The quantitative estimate of drug-likeness (QED) is 0.310. The standard InChI is InChI=1S/C28H28ClN3O3S/c1-16-13-21-25(36-27(31-21)32-12-10-17-9-11-30-14-19(17)15-32)23(18-5-7-20(29)8-6-18)22(16)24(26(33)34)35-28(2,3)4/h5-9,11,13-14,24H,10,12,15H2,1-4H3,(H,33,34). The highest BCUT2D eigenvalue weighted by Gasteiger charge is 2.32. The number of aliphatic carboxylic acids is 1. The summed E-state index contributed by atoms with van der Waals surface area (Å²) in [6, 6.07) is 11.6. The number of hydrogen-bond acceptors (Lipinski definition) is 6. The number of carbonyl (C=O) groups is 1. The molecule has 36 heavy (non-hydrogen) atoms. The first kappa shape index (κ1) is 24.7. The van der Waals surface area contributed by atoms with Crippen LogP contribution in [0.4, 0.5) is 5.13 Å². The lowest BCUT2D eigenvalue weighted by Crippen LogP contribution is -2.30. The van der Waals surface area contributed by atoms with Gasteiger partial charge in [-0.25, -0.2) is 9.78 Å². The Morgan fingerprint density at radius 2 is 1.94 bits per heavy atom. The number of pyridine rings is 1. The van der Waals surface area contributed by atoms with Gasteiger partial charge in [-0.15, -0.1) is 0 Å². The summed E-state index contributed by atoms with van der Waals surface area (Å²) in [5.41, 5.74) is 5.93. The van der Waals surface area contributed by atoms with Crippen LogP contribution in [-0.4, -0.2) is 33.2 Å². The van der Waals surface area contributed by atoms with Gasteiger partial charge in [-0.05, 0) is 80.6 Å². The Kier molecular flexibility index (Phi) is 6.49. The zero-order valence-corrected chi connectivity index (χ0v) is 22.3. The van der Waals surface area contributed by atoms with Crippen molar-refractivity contribution in [2.24, 2.45) is 0 Å². The molecule has 186 valence electrons. The molecular weight excluding hydrogens is 494 g/mol. The minimum Gasteiger partial charge on any atom is -0.479 e. The van der Waals surface area contributed by atoms with E-state index in [0.29, 0.717) is 10.6 Å². The number of aromatic nitrogens is 2. The summed E-state index contributed by atoms with van der Waals surface area (Å²) in [4.78, 5) is 24.1. The summed E-state index contributed by atoms with van der Waals surface area (Å²) < 4.78 is 7.04. The lowest BCUT2D eigenvalue weighted by atomic mass is 9.91. The normalized spacial score (nSPS) is 14.6. The summed E-state index contributed by atoms with van der Waals surface area (Å²) in [6.45, 7) is 9.14. The van der Waals surface area contributed by atoms with E-state index in [4.69, 9.17) is 21.3 Å². The second-order valence-corrected chi connectivity index (χ2v) is 11.5. The Bertz CT molecular complexity index is 1440. The molecular formula is C28H28ClN3O3S. The van der Waals surface area contributed by atoms with E-state index in [0.717, 1.165) is 51.5 Å². The van der Waals surface area contributed by atoms with E-state index in [1.165, 1.54) is 11.1 Å². The minimum absolute atomic E-state index is 0.621. The lowest BCUT2D eigenvalue weighted by Gasteiger charge is -2.28. The van der Waals surface area contributed by atoms with E-state index in [-0.39, 0.29) is 0 Å². The predicted molar refractivity (Wildman–Crippen MR) is 145 cm³/mol. The molecule has 0 amide bonds. The minimum atomic E-state index is -1.13. The van der Waals surface area contributed by atoms with Crippen molar-refractivity contribution in [2.75, 3.05) is 11.4 Å². The average Bonchev–Trinajstić information content (AvgIpc) is 3.25. The van der Waals surface area contributed by atoms with E-state index < -0.39 is 17.7 Å². The van der Waals surface area contributed by atoms with Crippen molar-refractivity contribution in [1.29, 1.82) is 0 Å². The van der Waals surface area contributed by atoms with Crippen molar-refractivity contribution in [2.45, 2.75) is 52.4 Å². The van der Waals surface area contributed by atoms with E-state index in [9.17, 15) is 9.90 Å². The van der Waals surface area contributed by atoms with Crippen molar-refractivity contribution in [1.82, 2.24) is 9.97 Å². The molecule has 0 saturated carbocycles. The zero-order chi connectivity index (χ0) is 25.6. The maximum absolute atomic E-state index is 12.5. The number of carboxylic acids is 1. The van der Waals surface area contributed by atoms with Crippen LogP contribution in [0, 0.1) is 6.92 Å². The fourth-order valence-corrected chi connectivity index (χ4v) is 5.98. The summed E-state index contributed by atoms with van der Waals surface area (Å²) in [5.74, 6) is -1.02. The molecule has 8 heteroatoms. The Hall–Kier alpha value is -3.00. The van der Waals surface area contributed by atoms with Gasteiger partial charge in [0.15, 0.2) is 11.2 Å². The molecule has 1 N–H and O–H groups in total. The number of hydrogen-bond donors (Lipinski definition) is 1. The van der Waals surface area contributed by atoms with E-state index in [2.05, 4.69) is 16.0 Å². The highest BCUT2D eigenvalue weighted by Crippen LogP contribution is 2.44. The second-order valence-electron chi connectivity index (χ2n) is 10.1. The summed E-state index contributed by atoms with van der Waals surface area (Å²) in [7, 11) is 0. The number of anilines is 1. The molecule has 0 fully saturated rings. The second kappa shape index (κ2) is 9.47. The van der Waals surface area contributed by atoms with Crippen LogP contribution in [0.3, 0.4) is 0 Å². The molecule has 1 unspecified atom stereocenters. The van der Waals surface area contributed by atoms with Gasteiger partial charge >= 0.3 is 5.97 Å². The van der Waals surface area contributed by atoms with Gasteiger partial charge in [0.05, 0.1) is 15.8 Å². The maximum Gasteiger partial charge on any atom is 0.337 e. The largest absolute Gasteiger partial charge is 0.479 e. The van der Waals surface area contributed by atoms with E-state index in [1.54, 1.807) is 11.3 Å². The molecule has 0 spiro atoms. The Labute approximate surface area is 219 Å². The molecule has 0 saturated heterocycles. The SMILES string of the molecule is Cc1cc2nc(N3CCc4ccncc4C3)sc2c(-c2ccc(Cl)cc2)c1C(OC(C)(C)C)C(=O)O. The molecule has 2 aromatic heterocycles. The first-order chi connectivity index (χ1) is 17.1. The average molecular weight is 522 g/mol. The third kappa shape index (κ3) is 4.83.